The fourth-order valence-electron chi connectivity index (χ4n) is 2.15. The minimum Gasteiger partial charge on any atom is -0.497 e. The zero-order chi connectivity index (χ0) is 14.4. The van der Waals surface area contributed by atoms with Crippen molar-refractivity contribution in [2.24, 2.45) is 5.73 Å². The summed E-state index contributed by atoms with van der Waals surface area (Å²) in [5.74, 6) is 1.74. The molecule has 2 aromatic carbocycles. The van der Waals surface area contributed by atoms with Crippen molar-refractivity contribution >= 4 is 0 Å². The Morgan fingerprint density at radius 2 is 1.80 bits per heavy atom. The van der Waals surface area contributed by atoms with Gasteiger partial charge in [0.25, 0.3) is 0 Å². The Hall–Kier alpha value is -2.00. The molecule has 0 spiro atoms. The first-order valence-electron chi connectivity index (χ1n) is 6.84. The summed E-state index contributed by atoms with van der Waals surface area (Å²) in [5.41, 5.74) is 8.55. The summed E-state index contributed by atoms with van der Waals surface area (Å²) in [5, 5.41) is 0. The second-order valence-corrected chi connectivity index (χ2v) is 4.66. The monoisotopic (exact) mass is 271 g/mol. The molecule has 2 rings (SSSR count). The van der Waals surface area contributed by atoms with Gasteiger partial charge in [-0.2, -0.15) is 0 Å². The average molecular weight is 271 g/mol. The quantitative estimate of drug-likeness (QED) is 0.876. The van der Waals surface area contributed by atoms with E-state index in [4.69, 9.17) is 15.2 Å². The Balaban J connectivity index is 2.06. The molecule has 0 radical (unpaired) electrons. The molecule has 0 aliphatic carbocycles. The van der Waals surface area contributed by atoms with Crippen LogP contribution in [0.25, 0.3) is 0 Å². The standard InChI is InChI=1S/C17H21NO2/c1-3-20-16-6-4-5-13(11-16)12-17(18)14-7-9-15(19-2)10-8-14/h4-11,17H,3,12,18H2,1-2H3. The Kier molecular flexibility index (Phi) is 5.02. The molecule has 1 atom stereocenters. The largest absolute Gasteiger partial charge is 0.497 e. The van der Waals surface area contributed by atoms with Gasteiger partial charge in [0.2, 0.25) is 0 Å². The molecule has 0 bridgehead atoms. The van der Waals surface area contributed by atoms with Crippen LogP contribution in [0.5, 0.6) is 11.5 Å². The number of rotatable bonds is 6. The smallest absolute Gasteiger partial charge is 0.119 e. The van der Waals surface area contributed by atoms with E-state index in [9.17, 15) is 0 Å². The third-order valence-corrected chi connectivity index (χ3v) is 3.21. The molecule has 0 aliphatic heterocycles. The summed E-state index contributed by atoms with van der Waals surface area (Å²) in [6.07, 6.45) is 0.785. The molecule has 0 aromatic heterocycles. The molecule has 0 aliphatic rings. The van der Waals surface area contributed by atoms with Gasteiger partial charge in [-0.05, 0) is 48.7 Å². The third kappa shape index (κ3) is 3.75. The van der Waals surface area contributed by atoms with Gasteiger partial charge in [0.15, 0.2) is 0 Å². The van der Waals surface area contributed by atoms with Crippen LogP contribution in [0, 0.1) is 0 Å². The maximum atomic E-state index is 6.26. The molecule has 20 heavy (non-hydrogen) atoms. The highest BCUT2D eigenvalue weighted by molar-refractivity contribution is 5.32. The molecule has 0 amide bonds. The van der Waals surface area contributed by atoms with Crippen molar-refractivity contribution in [2.75, 3.05) is 13.7 Å². The summed E-state index contributed by atoms with van der Waals surface area (Å²) >= 11 is 0. The van der Waals surface area contributed by atoms with Gasteiger partial charge < -0.3 is 15.2 Å². The van der Waals surface area contributed by atoms with Crippen LogP contribution in [0.15, 0.2) is 48.5 Å². The molecule has 2 aromatic rings. The molecule has 0 saturated carbocycles. The van der Waals surface area contributed by atoms with Crippen molar-refractivity contribution in [3.05, 3.63) is 59.7 Å². The number of hydrogen-bond acceptors (Lipinski definition) is 3. The molecule has 0 heterocycles. The van der Waals surface area contributed by atoms with E-state index in [1.165, 1.54) is 5.56 Å². The van der Waals surface area contributed by atoms with Crippen molar-refractivity contribution in [1.82, 2.24) is 0 Å². The second-order valence-electron chi connectivity index (χ2n) is 4.66. The van der Waals surface area contributed by atoms with Crippen LogP contribution in [-0.2, 0) is 6.42 Å². The first-order valence-corrected chi connectivity index (χ1v) is 6.84. The van der Waals surface area contributed by atoms with Crippen molar-refractivity contribution < 1.29 is 9.47 Å². The van der Waals surface area contributed by atoms with Crippen LogP contribution in [-0.4, -0.2) is 13.7 Å². The first-order chi connectivity index (χ1) is 9.72. The highest BCUT2D eigenvalue weighted by Gasteiger charge is 2.08. The molecule has 1 unspecified atom stereocenters. The minimum absolute atomic E-state index is 0.0298. The van der Waals surface area contributed by atoms with Crippen molar-refractivity contribution in [3.8, 4) is 11.5 Å². The van der Waals surface area contributed by atoms with Gasteiger partial charge in [-0.1, -0.05) is 24.3 Å². The Morgan fingerprint density at radius 1 is 1.05 bits per heavy atom. The van der Waals surface area contributed by atoms with Crippen LogP contribution in [0.2, 0.25) is 0 Å². The zero-order valence-electron chi connectivity index (χ0n) is 12.0. The minimum atomic E-state index is -0.0298. The highest BCUT2D eigenvalue weighted by atomic mass is 16.5. The highest BCUT2D eigenvalue weighted by Crippen LogP contribution is 2.21. The summed E-state index contributed by atoms with van der Waals surface area (Å²) < 4.78 is 10.7. The molecular formula is C17H21NO2. The van der Waals surface area contributed by atoms with Crippen LogP contribution < -0.4 is 15.2 Å². The number of nitrogens with two attached hydrogens (primary N) is 1. The lowest BCUT2D eigenvalue weighted by atomic mass is 9.99. The van der Waals surface area contributed by atoms with E-state index < -0.39 is 0 Å². The van der Waals surface area contributed by atoms with Crippen LogP contribution in [0.4, 0.5) is 0 Å². The zero-order valence-corrected chi connectivity index (χ0v) is 12.0. The van der Waals surface area contributed by atoms with Gasteiger partial charge in [-0.25, -0.2) is 0 Å². The summed E-state index contributed by atoms with van der Waals surface area (Å²) in [7, 11) is 1.66. The number of ether oxygens (including phenoxy) is 2. The van der Waals surface area contributed by atoms with E-state index in [0.29, 0.717) is 6.61 Å². The van der Waals surface area contributed by atoms with Gasteiger partial charge in [-0.15, -0.1) is 0 Å². The molecule has 3 nitrogen and oxygen atoms in total. The lowest BCUT2D eigenvalue weighted by molar-refractivity contribution is 0.340. The normalized spacial score (nSPS) is 11.9. The molecule has 0 saturated heterocycles. The van der Waals surface area contributed by atoms with Gasteiger partial charge >= 0.3 is 0 Å². The fraction of sp³-hybridized carbons (Fsp3) is 0.294. The van der Waals surface area contributed by atoms with Crippen molar-refractivity contribution in [1.29, 1.82) is 0 Å². The fourth-order valence-corrected chi connectivity index (χ4v) is 2.15. The van der Waals surface area contributed by atoms with Crippen LogP contribution in [0.3, 0.4) is 0 Å². The molecular weight excluding hydrogens is 250 g/mol. The third-order valence-electron chi connectivity index (χ3n) is 3.21. The van der Waals surface area contributed by atoms with Crippen LogP contribution >= 0.6 is 0 Å². The lowest BCUT2D eigenvalue weighted by Gasteiger charge is -2.13. The topological polar surface area (TPSA) is 44.5 Å². The maximum Gasteiger partial charge on any atom is 0.119 e. The average Bonchev–Trinajstić information content (AvgIpc) is 2.48. The van der Waals surface area contributed by atoms with E-state index in [1.807, 2.05) is 49.4 Å². The van der Waals surface area contributed by atoms with Crippen molar-refractivity contribution in [3.63, 3.8) is 0 Å². The Morgan fingerprint density at radius 3 is 2.45 bits per heavy atom. The maximum absolute atomic E-state index is 6.26. The van der Waals surface area contributed by atoms with Gasteiger partial charge in [0.05, 0.1) is 13.7 Å². The van der Waals surface area contributed by atoms with Crippen molar-refractivity contribution in [2.45, 2.75) is 19.4 Å². The van der Waals surface area contributed by atoms with Gasteiger partial charge in [0.1, 0.15) is 11.5 Å². The molecule has 2 N–H and O–H groups in total. The molecule has 3 heteroatoms. The van der Waals surface area contributed by atoms with Crippen LogP contribution in [0.1, 0.15) is 24.1 Å². The SMILES string of the molecule is CCOc1cccc(CC(N)c2ccc(OC)cc2)c1. The van der Waals surface area contributed by atoms with E-state index in [-0.39, 0.29) is 6.04 Å². The van der Waals surface area contributed by atoms with Gasteiger partial charge in [-0.3, -0.25) is 0 Å². The first kappa shape index (κ1) is 14.4. The molecule has 106 valence electrons. The number of methoxy groups -OCH3 is 1. The summed E-state index contributed by atoms with van der Waals surface area (Å²) in [6, 6.07) is 16.0. The van der Waals surface area contributed by atoms with E-state index in [0.717, 1.165) is 23.5 Å². The van der Waals surface area contributed by atoms with E-state index in [2.05, 4.69) is 6.07 Å². The molecule has 0 fully saturated rings. The predicted molar refractivity (Wildman–Crippen MR) is 81.2 cm³/mol. The second kappa shape index (κ2) is 6.96. The van der Waals surface area contributed by atoms with E-state index in [1.54, 1.807) is 7.11 Å². The Bertz CT molecular complexity index is 537. The number of benzene rings is 2. The Labute approximate surface area is 120 Å². The predicted octanol–water partition coefficient (Wildman–Crippen LogP) is 3.34. The number of hydrogen-bond donors (Lipinski definition) is 1. The summed E-state index contributed by atoms with van der Waals surface area (Å²) in [6.45, 7) is 2.66. The summed E-state index contributed by atoms with van der Waals surface area (Å²) in [4.78, 5) is 0. The van der Waals surface area contributed by atoms with Gasteiger partial charge in [0, 0.05) is 6.04 Å². The van der Waals surface area contributed by atoms with E-state index >= 15 is 0 Å². The lowest BCUT2D eigenvalue weighted by Crippen LogP contribution is -2.13.